The first-order valence-corrected chi connectivity index (χ1v) is 6.33. The van der Waals surface area contributed by atoms with Gasteiger partial charge in [0, 0.05) is 0 Å². The summed E-state index contributed by atoms with van der Waals surface area (Å²) in [4.78, 5) is 10.8. The summed E-state index contributed by atoms with van der Waals surface area (Å²) in [7, 11) is 0. The average Bonchev–Trinajstić information content (AvgIpc) is 2.35. The van der Waals surface area contributed by atoms with Crippen LogP contribution in [-0.2, 0) is 6.18 Å². The third-order valence-electron chi connectivity index (χ3n) is 2.84. The van der Waals surface area contributed by atoms with Gasteiger partial charge in [-0.3, -0.25) is 0 Å². The van der Waals surface area contributed by atoms with Gasteiger partial charge in [0.2, 0.25) is 0 Å². The molecular weight excluding hydrogens is 273 g/mol. The number of hydrogen-bond donors (Lipinski definition) is 1. The molecule has 0 saturated carbocycles. The summed E-state index contributed by atoms with van der Waals surface area (Å²) in [6, 6.07) is 2.91. The number of aromatic carboxylic acids is 1. The van der Waals surface area contributed by atoms with Crippen LogP contribution in [-0.4, -0.2) is 17.7 Å². The maximum atomic E-state index is 12.8. The zero-order valence-electron chi connectivity index (χ0n) is 11.3. The summed E-state index contributed by atoms with van der Waals surface area (Å²) in [5, 5.41) is 8.77. The molecule has 1 N–H and O–H groups in total. The van der Waals surface area contributed by atoms with Gasteiger partial charge in [-0.2, -0.15) is 13.2 Å². The van der Waals surface area contributed by atoms with Gasteiger partial charge in [0.25, 0.3) is 0 Å². The Labute approximate surface area is 115 Å². The number of hydrogen-bond acceptors (Lipinski definition) is 2. The Kier molecular flexibility index (Phi) is 5.42. The zero-order chi connectivity index (χ0) is 15.3. The summed E-state index contributed by atoms with van der Waals surface area (Å²) in [5.74, 6) is -1.35. The molecule has 0 aliphatic heterocycles. The molecule has 1 aromatic rings. The number of carbonyl (C=O) groups is 1. The van der Waals surface area contributed by atoms with E-state index in [1.54, 1.807) is 0 Å². The molecule has 1 atom stereocenters. The van der Waals surface area contributed by atoms with Crippen molar-refractivity contribution in [1.29, 1.82) is 0 Å². The fourth-order valence-corrected chi connectivity index (χ4v) is 1.85. The Morgan fingerprint density at radius 3 is 2.55 bits per heavy atom. The van der Waals surface area contributed by atoms with Crippen molar-refractivity contribution in [2.24, 2.45) is 5.92 Å². The summed E-state index contributed by atoms with van der Waals surface area (Å²) in [6.45, 7) is 4.26. The normalized spacial score (nSPS) is 13.1. The van der Waals surface area contributed by atoms with Crippen LogP contribution in [0.15, 0.2) is 18.2 Å². The van der Waals surface area contributed by atoms with Crippen LogP contribution in [0.5, 0.6) is 5.75 Å². The van der Waals surface area contributed by atoms with Crippen LogP contribution in [0.4, 0.5) is 13.2 Å². The lowest BCUT2D eigenvalue weighted by molar-refractivity contribution is -0.138. The summed E-state index contributed by atoms with van der Waals surface area (Å²) < 4.78 is 43.7. The van der Waals surface area contributed by atoms with E-state index in [1.807, 2.05) is 13.8 Å². The van der Waals surface area contributed by atoms with Crippen molar-refractivity contribution < 1.29 is 27.8 Å². The molecule has 0 aliphatic carbocycles. The Morgan fingerprint density at radius 1 is 1.40 bits per heavy atom. The first-order valence-electron chi connectivity index (χ1n) is 6.33. The molecule has 1 rings (SSSR count). The van der Waals surface area contributed by atoms with Gasteiger partial charge < -0.3 is 9.84 Å². The van der Waals surface area contributed by atoms with Gasteiger partial charge in [0.05, 0.1) is 17.7 Å². The molecule has 1 aromatic carbocycles. The van der Waals surface area contributed by atoms with E-state index in [4.69, 9.17) is 9.84 Å². The van der Waals surface area contributed by atoms with E-state index in [9.17, 15) is 18.0 Å². The maximum Gasteiger partial charge on any atom is 0.417 e. The van der Waals surface area contributed by atoms with E-state index in [0.29, 0.717) is 6.61 Å². The number of alkyl halides is 3. The third kappa shape index (κ3) is 4.43. The molecular formula is C14H17F3O3. The summed E-state index contributed by atoms with van der Waals surface area (Å²) >= 11 is 0. The van der Waals surface area contributed by atoms with Crippen molar-refractivity contribution in [3.05, 3.63) is 29.3 Å². The lowest BCUT2D eigenvalue weighted by Crippen LogP contribution is -2.14. The van der Waals surface area contributed by atoms with E-state index in [1.165, 1.54) is 6.07 Å². The van der Waals surface area contributed by atoms with Crippen molar-refractivity contribution >= 4 is 5.97 Å². The van der Waals surface area contributed by atoms with Crippen LogP contribution in [0.2, 0.25) is 0 Å². The van der Waals surface area contributed by atoms with E-state index in [2.05, 4.69) is 0 Å². The second-order valence-electron chi connectivity index (χ2n) is 4.72. The minimum Gasteiger partial charge on any atom is -0.493 e. The van der Waals surface area contributed by atoms with Crippen molar-refractivity contribution in [3.63, 3.8) is 0 Å². The molecule has 6 heteroatoms. The molecule has 0 aromatic heterocycles. The van der Waals surface area contributed by atoms with Crippen LogP contribution in [0.3, 0.4) is 0 Å². The van der Waals surface area contributed by atoms with E-state index < -0.39 is 23.3 Å². The number of carboxylic acid groups (broad SMARTS) is 1. The molecule has 1 unspecified atom stereocenters. The Balaban J connectivity index is 2.93. The van der Waals surface area contributed by atoms with Gasteiger partial charge in [-0.15, -0.1) is 0 Å². The summed E-state index contributed by atoms with van der Waals surface area (Å²) in [5.41, 5.74) is -1.96. The second-order valence-corrected chi connectivity index (χ2v) is 4.72. The van der Waals surface area contributed by atoms with Gasteiger partial charge in [0.15, 0.2) is 0 Å². The molecule has 112 valence electrons. The maximum absolute atomic E-state index is 12.8. The highest BCUT2D eigenvalue weighted by Gasteiger charge is 2.35. The van der Waals surface area contributed by atoms with E-state index in [0.717, 1.165) is 25.0 Å². The van der Waals surface area contributed by atoms with Gasteiger partial charge in [-0.05, 0) is 30.5 Å². The van der Waals surface area contributed by atoms with Gasteiger partial charge in [-0.25, -0.2) is 4.79 Å². The molecule has 3 nitrogen and oxygen atoms in total. The minimum absolute atomic E-state index is 0.0327. The Bertz CT molecular complexity index is 469. The topological polar surface area (TPSA) is 46.5 Å². The van der Waals surface area contributed by atoms with Gasteiger partial charge >= 0.3 is 12.1 Å². The highest BCUT2D eigenvalue weighted by Crippen LogP contribution is 2.34. The highest BCUT2D eigenvalue weighted by atomic mass is 19.4. The van der Waals surface area contributed by atoms with Crippen LogP contribution in [0.1, 0.15) is 42.6 Å². The SMILES string of the molecule is CCCC(C)COc1ccc(C(=O)O)c(C(F)(F)F)c1. The van der Waals surface area contributed by atoms with Crippen LogP contribution >= 0.6 is 0 Å². The first kappa shape index (κ1) is 16.3. The largest absolute Gasteiger partial charge is 0.493 e. The molecule has 20 heavy (non-hydrogen) atoms. The Morgan fingerprint density at radius 2 is 2.05 bits per heavy atom. The number of carboxylic acids is 1. The molecule has 0 amide bonds. The minimum atomic E-state index is -4.72. The molecule has 0 heterocycles. The smallest absolute Gasteiger partial charge is 0.417 e. The van der Waals surface area contributed by atoms with E-state index >= 15 is 0 Å². The standard InChI is InChI=1S/C14H17F3O3/c1-3-4-9(2)8-20-10-5-6-11(13(18)19)12(7-10)14(15,16)17/h5-7,9H,3-4,8H2,1-2H3,(H,18,19). The predicted molar refractivity (Wildman–Crippen MR) is 68.0 cm³/mol. The van der Waals surface area contributed by atoms with Crippen LogP contribution in [0.25, 0.3) is 0 Å². The molecule has 0 saturated heterocycles. The lowest BCUT2D eigenvalue weighted by Gasteiger charge is -2.15. The van der Waals surface area contributed by atoms with Crippen LogP contribution in [0, 0.1) is 5.92 Å². The van der Waals surface area contributed by atoms with Crippen molar-refractivity contribution in [1.82, 2.24) is 0 Å². The molecule has 0 radical (unpaired) electrons. The van der Waals surface area contributed by atoms with Crippen molar-refractivity contribution in [2.45, 2.75) is 32.9 Å². The highest BCUT2D eigenvalue weighted by molar-refractivity contribution is 5.89. The average molecular weight is 290 g/mol. The first-order chi connectivity index (χ1) is 9.25. The lowest BCUT2D eigenvalue weighted by atomic mass is 10.1. The number of halogens is 3. The predicted octanol–water partition coefficient (Wildman–Crippen LogP) is 4.22. The summed E-state index contributed by atoms with van der Waals surface area (Å²) in [6.07, 6.45) is -2.84. The number of rotatable bonds is 6. The van der Waals surface area contributed by atoms with Gasteiger partial charge in [-0.1, -0.05) is 20.3 Å². The van der Waals surface area contributed by atoms with Crippen molar-refractivity contribution in [3.8, 4) is 5.75 Å². The quantitative estimate of drug-likeness (QED) is 0.853. The van der Waals surface area contributed by atoms with Crippen LogP contribution < -0.4 is 4.74 Å². The third-order valence-corrected chi connectivity index (χ3v) is 2.84. The zero-order valence-corrected chi connectivity index (χ0v) is 11.3. The van der Waals surface area contributed by atoms with Crippen molar-refractivity contribution in [2.75, 3.05) is 6.61 Å². The van der Waals surface area contributed by atoms with Gasteiger partial charge in [0.1, 0.15) is 5.75 Å². The van der Waals surface area contributed by atoms with E-state index in [-0.39, 0.29) is 11.7 Å². The number of benzene rings is 1. The Hall–Kier alpha value is -1.72. The number of ether oxygens (including phenoxy) is 1. The second kappa shape index (κ2) is 6.63. The molecule has 0 bridgehead atoms. The monoisotopic (exact) mass is 290 g/mol. The fourth-order valence-electron chi connectivity index (χ4n) is 1.85. The molecule has 0 aliphatic rings. The molecule has 0 spiro atoms. The fraction of sp³-hybridized carbons (Fsp3) is 0.500. The molecule has 0 fully saturated rings.